The molecule has 3 aromatic rings. The highest BCUT2D eigenvalue weighted by atomic mass is 32.1. The van der Waals surface area contributed by atoms with E-state index in [0.717, 1.165) is 4.70 Å². The van der Waals surface area contributed by atoms with Crippen LogP contribution in [0.4, 0.5) is 0 Å². The van der Waals surface area contributed by atoms with Crippen LogP contribution in [0.2, 0.25) is 0 Å². The van der Waals surface area contributed by atoms with Gasteiger partial charge in [-0.2, -0.15) is 4.99 Å². The van der Waals surface area contributed by atoms with Gasteiger partial charge in [-0.05, 0) is 37.3 Å². The van der Waals surface area contributed by atoms with Crippen LogP contribution in [0.3, 0.4) is 0 Å². The summed E-state index contributed by atoms with van der Waals surface area (Å²) >= 11 is 1.29. The normalized spacial score (nSPS) is 11.4. The Balaban J connectivity index is 2.13. The van der Waals surface area contributed by atoms with Crippen LogP contribution in [0, 0.1) is 0 Å². The van der Waals surface area contributed by atoms with Crippen molar-refractivity contribution in [2.75, 3.05) is 27.9 Å². The Morgan fingerprint density at radius 1 is 1.00 bits per heavy atom. The molecule has 30 heavy (non-hydrogen) atoms. The van der Waals surface area contributed by atoms with Crippen molar-refractivity contribution < 1.29 is 28.5 Å². The van der Waals surface area contributed by atoms with Gasteiger partial charge in [-0.25, -0.2) is 0 Å². The zero-order chi connectivity index (χ0) is 21.7. The van der Waals surface area contributed by atoms with Crippen LogP contribution in [0.1, 0.15) is 17.3 Å². The third-order valence-corrected chi connectivity index (χ3v) is 5.35. The number of rotatable bonds is 7. The number of nitrogens with zero attached hydrogens (tertiary/aromatic N) is 2. The molecule has 0 aliphatic carbocycles. The van der Waals surface area contributed by atoms with Crippen molar-refractivity contribution in [2.24, 2.45) is 4.99 Å². The second-order valence-corrected chi connectivity index (χ2v) is 7.08. The van der Waals surface area contributed by atoms with Crippen LogP contribution in [-0.2, 0) is 16.1 Å². The number of hydrogen-bond donors (Lipinski definition) is 0. The number of amides is 1. The highest BCUT2D eigenvalue weighted by Crippen LogP contribution is 2.29. The van der Waals surface area contributed by atoms with Crippen molar-refractivity contribution >= 4 is 33.4 Å². The molecule has 0 radical (unpaired) electrons. The molecule has 0 saturated carbocycles. The van der Waals surface area contributed by atoms with Gasteiger partial charge in [0.2, 0.25) is 0 Å². The zero-order valence-electron chi connectivity index (χ0n) is 17.1. The summed E-state index contributed by atoms with van der Waals surface area (Å²) in [6.45, 7) is 1.91. The summed E-state index contributed by atoms with van der Waals surface area (Å²) in [7, 11) is 4.56. The molecule has 2 aromatic carbocycles. The first-order valence-corrected chi connectivity index (χ1v) is 9.97. The van der Waals surface area contributed by atoms with Gasteiger partial charge >= 0.3 is 5.97 Å². The standard InChI is InChI=1S/C21H22N2O6S/c1-5-29-18(24)12-23-19-15(27-3)7-6-8-17(19)30-21(23)22-20(25)13-9-10-14(26-2)16(11-13)28-4/h6-11H,5,12H2,1-4H3. The minimum Gasteiger partial charge on any atom is -0.495 e. The van der Waals surface area contributed by atoms with E-state index in [1.807, 2.05) is 12.1 Å². The number of thiazole rings is 1. The molecule has 0 atom stereocenters. The average molecular weight is 430 g/mol. The molecule has 0 fully saturated rings. The molecule has 0 spiro atoms. The summed E-state index contributed by atoms with van der Waals surface area (Å²) in [6, 6.07) is 10.3. The van der Waals surface area contributed by atoms with E-state index >= 15 is 0 Å². The first-order valence-electron chi connectivity index (χ1n) is 9.15. The number of para-hydroxylation sites is 1. The Hall–Kier alpha value is -3.33. The fourth-order valence-electron chi connectivity index (χ4n) is 2.95. The van der Waals surface area contributed by atoms with E-state index in [1.165, 1.54) is 25.6 Å². The SMILES string of the molecule is CCOC(=O)Cn1c(=NC(=O)c2ccc(OC)c(OC)c2)sc2cccc(OC)c21. The molecule has 1 aromatic heterocycles. The topological polar surface area (TPSA) is 88.4 Å². The van der Waals surface area contributed by atoms with Gasteiger partial charge in [0.05, 0.1) is 32.6 Å². The van der Waals surface area contributed by atoms with Crippen molar-refractivity contribution in [3.8, 4) is 17.2 Å². The number of benzene rings is 2. The zero-order valence-corrected chi connectivity index (χ0v) is 17.9. The summed E-state index contributed by atoms with van der Waals surface area (Å²) in [5.74, 6) is 0.615. The maximum Gasteiger partial charge on any atom is 0.326 e. The summed E-state index contributed by atoms with van der Waals surface area (Å²) in [5, 5.41) is 0. The number of carbonyl (C=O) groups is 2. The number of fused-ring (bicyclic) bond motifs is 1. The van der Waals surface area contributed by atoms with Crippen LogP contribution in [0.25, 0.3) is 10.2 Å². The largest absolute Gasteiger partial charge is 0.495 e. The molecule has 0 bridgehead atoms. The second-order valence-electron chi connectivity index (χ2n) is 6.07. The highest BCUT2D eigenvalue weighted by Gasteiger charge is 2.16. The molecule has 0 unspecified atom stereocenters. The Morgan fingerprint density at radius 3 is 2.40 bits per heavy atom. The lowest BCUT2D eigenvalue weighted by molar-refractivity contribution is -0.143. The fourth-order valence-corrected chi connectivity index (χ4v) is 4.00. The van der Waals surface area contributed by atoms with Crippen LogP contribution < -0.4 is 19.0 Å². The number of methoxy groups -OCH3 is 3. The molecule has 0 saturated heterocycles. The van der Waals surface area contributed by atoms with Crippen LogP contribution in [0.5, 0.6) is 17.2 Å². The Kier molecular flexibility index (Phi) is 6.73. The van der Waals surface area contributed by atoms with E-state index in [4.69, 9.17) is 18.9 Å². The summed E-state index contributed by atoms with van der Waals surface area (Å²) in [5.41, 5.74) is 1.01. The quantitative estimate of drug-likeness (QED) is 0.536. The van der Waals surface area contributed by atoms with Crippen molar-refractivity contribution in [1.82, 2.24) is 4.57 Å². The maximum absolute atomic E-state index is 12.9. The van der Waals surface area contributed by atoms with Crippen LogP contribution in [-0.4, -0.2) is 44.4 Å². The molecule has 0 N–H and O–H groups in total. The van der Waals surface area contributed by atoms with Gasteiger partial charge in [0.15, 0.2) is 16.3 Å². The second kappa shape index (κ2) is 9.45. The molecule has 1 heterocycles. The molecule has 158 valence electrons. The number of carbonyl (C=O) groups excluding carboxylic acids is 2. The highest BCUT2D eigenvalue weighted by molar-refractivity contribution is 7.16. The lowest BCUT2D eigenvalue weighted by Crippen LogP contribution is -2.23. The first-order chi connectivity index (χ1) is 14.5. The Morgan fingerprint density at radius 2 is 1.73 bits per heavy atom. The number of esters is 1. The summed E-state index contributed by atoms with van der Waals surface area (Å²) in [4.78, 5) is 29.7. The van der Waals surface area contributed by atoms with E-state index in [9.17, 15) is 9.59 Å². The number of ether oxygens (including phenoxy) is 4. The van der Waals surface area contributed by atoms with Gasteiger partial charge in [-0.1, -0.05) is 17.4 Å². The van der Waals surface area contributed by atoms with E-state index in [-0.39, 0.29) is 13.2 Å². The molecular formula is C21H22N2O6S. The monoisotopic (exact) mass is 430 g/mol. The van der Waals surface area contributed by atoms with E-state index in [1.54, 1.807) is 42.9 Å². The summed E-state index contributed by atoms with van der Waals surface area (Å²) < 4.78 is 23.5. The summed E-state index contributed by atoms with van der Waals surface area (Å²) in [6.07, 6.45) is 0. The maximum atomic E-state index is 12.9. The third-order valence-electron chi connectivity index (χ3n) is 4.30. The number of aromatic nitrogens is 1. The molecule has 3 rings (SSSR count). The van der Waals surface area contributed by atoms with Gasteiger partial charge in [-0.15, -0.1) is 0 Å². The lowest BCUT2D eigenvalue weighted by Gasteiger charge is -2.09. The van der Waals surface area contributed by atoms with Gasteiger partial charge in [0.1, 0.15) is 17.8 Å². The molecule has 9 heteroatoms. The van der Waals surface area contributed by atoms with Crippen molar-refractivity contribution in [2.45, 2.75) is 13.5 Å². The first kappa shape index (κ1) is 21.4. The Bertz CT molecular complexity index is 1150. The molecule has 0 aliphatic rings. The molecule has 0 aliphatic heterocycles. The third kappa shape index (κ3) is 4.30. The van der Waals surface area contributed by atoms with Crippen molar-refractivity contribution in [3.05, 3.63) is 46.8 Å². The van der Waals surface area contributed by atoms with Gasteiger partial charge < -0.3 is 23.5 Å². The van der Waals surface area contributed by atoms with Crippen molar-refractivity contribution in [1.29, 1.82) is 0 Å². The Labute approximate surface area is 177 Å². The van der Waals surface area contributed by atoms with E-state index in [0.29, 0.717) is 33.1 Å². The van der Waals surface area contributed by atoms with Crippen LogP contribution >= 0.6 is 11.3 Å². The van der Waals surface area contributed by atoms with Gasteiger partial charge in [0, 0.05) is 5.56 Å². The van der Waals surface area contributed by atoms with Crippen molar-refractivity contribution in [3.63, 3.8) is 0 Å². The van der Waals surface area contributed by atoms with E-state index in [2.05, 4.69) is 4.99 Å². The van der Waals surface area contributed by atoms with Gasteiger partial charge in [-0.3, -0.25) is 9.59 Å². The smallest absolute Gasteiger partial charge is 0.326 e. The minimum atomic E-state index is -0.473. The van der Waals surface area contributed by atoms with Gasteiger partial charge in [0.25, 0.3) is 5.91 Å². The predicted octanol–water partition coefficient (Wildman–Crippen LogP) is 3.03. The predicted molar refractivity (Wildman–Crippen MR) is 112 cm³/mol. The molecule has 1 amide bonds. The number of hydrogen-bond acceptors (Lipinski definition) is 7. The molecule has 8 nitrogen and oxygen atoms in total. The van der Waals surface area contributed by atoms with Crippen LogP contribution in [0.15, 0.2) is 41.4 Å². The lowest BCUT2D eigenvalue weighted by atomic mass is 10.2. The minimum absolute atomic E-state index is 0.0910. The fraction of sp³-hybridized carbons (Fsp3) is 0.286. The average Bonchev–Trinajstić information content (AvgIpc) is 3.10. The van der Waals surface area contributed by atoms with E-state index < -0.39 is 11.9 Å². The molecular weight excluding hydrogens is 408 g/mol.